The summed E-state index contributed by atoms with van der Waals surface area (Å²) in [6, 6.07) is 5.48. The predicted molar refractivity (Wildman–Crippen MR) is 62.8 cm³/mol. The lowest BCUT2D eigenvalue weighted by Crippen LogP contribution is -2.08. The Morgan fingerprint density at radius 3 is 3.06 bits per heavy atom. The monoisotopic (exact) mass is 253 g/mol. The number of nitrogens with one attached hydrogen (secondary N) is 1. The smallest absolute Gasteiger partial charge is 0.213 e. The van der Waals surface area contributed by atoms with E-state index in [2.05, 4.69) is 20.0 Å². The molecule has 0 saturated carbocycles. The minimum absolute atomic E-state index is 0.273. The molecule has 90 valence electrons. The van der Waals surface area contributed by atoms with Crippen molar-refractivity contribution in [1.29, 1.82) is 0 Å². The van der Waals surface area contributed by atoms with E-state index in [0.29, 0.717) is 17.4 Å². The van der Waals surface area contributed by atoms with Gasteiger partial charge in [-0.15, -0.1) is 0 Å². The van der Waals surface area contributed by atoms with Gasteiger partial charge in [0.2, 0.25) is 12.2 Å². The van der Waals surface area contributed by atoms with E-state index in [9.17, 15) is 0 Å². The Morgan fingerprint density at radius 2 is 2.35 bits per heavy atom. The summed E-state index contributed by atoms with van der Waals surface area (Å²) in [5.41, 5.74) is 0.989. The molecule has 0 aliphatic carbocycles. The molecule has 6 heteroatoms. The number of nitrogens with zero attached hydrogens (tertiary/aromatic N) is 2. The third kappa shape index (κ3) is 3.18. The lowest BCUT2D eigenvalue weighted by molar-refractivity contribution is 0.283. The number of rotatable bonds is 5. The maximum Gasteiger partial charge on any atom is 0.213 e. The minimum Gasteiger partial charge on any atom is -0.485 e. The van der Waals surface area contributed by atoms with E-state index in [-0.39, 0.29) is 6.61 Å². The van der Waals surface area contributed by atoms with Crippen molar-refractivity contribution in [2.45, 2.75) is 13.2 Å². The summed E-state index contributed by atoms with van der Waals surface area (Å²) < 4.78 is 10.2. The topological polar surface area (TPSA) is 60.2 Å². The number of ether oxygens (including phenoxy) is 1. The van der Waals surface area contributed by atoms with Crippen LogP contribution in [0.3, 0.4) is 0 Å². The molecule has 1 heterocycles. The largest absolute Gasteiger partial charge is 0.485 e. The number of hydrogen-bond donors (Lipinski definition) is 1. The van der Waals surface area contributed by atoms with Gasteiger partial charge in [0.25, 0.3) is 0 Å². The Bertz CT molecular complexity index is 474. The molecule has 17 heavy (non-hydrogen) atoms. The number of halogens is 1. The maximum atomic E-state index is 5.93. The molecule has 0 saturated heterocycles. The van der Waals surface area contributed by atoms with Crippen molar-refractivity contribution in [3.05, 3.63) is 41.0 Å². The van der Waals surface area contributed by atoms with E-state index in [1.165, 1.54) is 6.39 Å². The predicted octanol–water partition coefficient (Wildman–Crippen LogP) is 2.02. The first-order chi connectivity index (χ1) is 8.29. The van der Waals surface area contributed by atoms with Crippen LogP contribution in [-0.4, -0.2) is 17.2 Å². The molecule has 0 bridgehead atoms. The molecule has 2 aromatic rings. The van der Waals surface area contributed by atoms with Gasteiger partial charge in [-0.2, -0.15) is 4.98 Å². The highest BCUT2D eigenvalue weighted by Crippen LogP contribution is 2.23. The summed E-state index contributed by atoms with van der Waals surface area (Å²) in [5.74, 6) is 1.27. The van der Waals surface area contributed by atoms with Crippen molar-refractivity contribution < 1.29 is 9.26 Å². The van der Waals surface area contributed by atoms with Crippen LogP contribution in [-0.2, 0) is 13.2 Å². The standard InChI is InChI=1S/C11H12ClN3O2/c1-13-5-8-4-9(12)2-3-10(8)16-6-11-14-7-17-15-11/h2-4,7,13H,5-6H2,1H3. The Morgan fingerprint density at radius 1 is 1.47 bits per heavy atom. The molecule has 0 amide bonds. The van der Waals surface area contributed by atoms with Crippen LogP contribution in [0.25, 0.3) is 0 Å². The fourth-order valence-electron chi connectivity index (χ4n) is 1.42. The molecule has 1 aromatic heterocycles. The highest BCUT2D eigenvalue weighted by atomic mass is 35.5. The number of benzene rings is 1. The van der Waals surface area contributed by atoms with Gasteiger partial charge < -0.3 is 14.6 Å². The summed E-state index contributed by atoms with van der Waals surface area (Å²) >= 11 is 5.93. The average Bonchev–Trinajstić information content (AvgIpc) is 2.81. The van der Waals surface area contributed by atoms with Crippen LogP contribution >= 0.6 is 11.6 Å². The summed E-state index contributed by atoms with van der Waals surface area (Å²) in [5, 5.41) is 7.41. The van der Waals surface area contributed by atoms with Gasteiger partial charge in [-0.25, -0.2) is 0 Å². The summed E-state index contributed by atoms with van der Waals surface area (Å²) in [7, 11) is 1.86. The normalized spacial score (nSPS) is 10.5. The molecular weight excluding hydrogens is 242 g/mol. The van der Waals surface area contributed by atoms with Crippen molar-refractivity contribution in [2.75, 3.05) is 7.05 Å². The molecule has 1 N–H and O–H groups in total. The molecular formula is C11H12ClN3O2. The molecule has 5 nitrogen and oxygen atoms in total. The summed E-state index contributed by atoms with van der Waals surface area (Å²) in [6.07, 6.45) is 1.27. The lowest BCUT2D eigenvalue weighted by Gasteiger charge is -2.10. The molecule has 0 aliphatic rings. The molecule has 0 unspecified atom stereocenters. The Labute approximate surface area is 104 Å². The van der Waals surface area contributed by atoms with Crippen LogP contribution in [0, 0.1) is 0 Å². The maximum absolute atomic E-state index is 5.93. The van der Waals surface area contributed by atoms with Crippen molar-refractivity contribution in [2.24, 2.45) is 0 Å². The third-order valence-electron chi connectivity index (χ3n) is 2.15. The van der Waals surface area contributed by atoms with Crippen LogP contribution in [0.5, 0.6) is 5.75 Å². The second-order valence-electron chi connectivity index (χ2n) is 3.42. The zero-order valence-corrected chi connectivity index (χ0v) is 10.1. The van der Waals surface area contributed by atoms with Crippen LogP contribution in [0.15, 0.2) is 29.1 Å². The van der Waals surface area contributed by atoms with Crippen LogP contribution in [0.1, 0.15) is 11.4 Å². The van der Waals surface area contributed by atoms with Crippen LogP contribution < -0.4 is 10.1 Å². The van der Waals surface area contributed by atoms with Gasteiger partial charge in [-0.3, -0.25) is 0 Å². The van der Waals surface area contributed by atoms with Crippen LogP contribution in [0.4, 0.5) is 0 Å². The first-order valence-corrected chi connectivity index (χ1v) is 5.48. The first kappa shape index (κ1) is 11.9. The SMILES string of the molecule is CNCc1cc(Cl)ccc1OCc1ncon1. The van der Waals surface area contributed by atoms with Gasteiger partial charge >= 0.3 is 0 Å². The highest BCUT2D eigenvalue weighted by Gasteiger charge is 2.06. The molecule has 2 rings (SSSR count). The Kier molecular flexibility index (Phi) is 3.95. The molecule has 0 spiro atoms. The zero-order valence-electron chi connectivity index (χ0n) is 9.31. The van der Waals surface area contributed by atoms with Crippen LogP contribution in [0.2, 0.25) is 5.02 Å². The third-order valence-corrected chi connectivity index (χ3v) is 2.39. The Balaban J connectivity index is 2.08. The van der Waals surface area contributed by atoms with E-state index in [4.69, 9.17) is 16.3 Å². The van der Waals surface area contributed by atoms with E-state index in [1.807, 2.05) is 19.2 Å². The van der Waals surface area contributed by atoms with E-state index < -0.39 is 0 Å². The molecule has 0 fully saturated rings. The second kappa shape index (κ2) is 5.65. The van der Waals surface area contributed by atoms with Crippen molar-refractivity contribution in [1.82, 2.24) is 15.5 Å². The zero-order chi connectivity index (χ0) is 12.1. The van der Waals surface area contributed by atoms with Crippen molar-refractivity contribution in [3.8, 4) is 5.75 Å². The second-order valence-corrected chi connectivity index (χ2v) is 3.85. The van der Waals surface area contributed by atoms with Gasteiger partial charge in [0.05, 0.1) is 0 Å². The van der Waals surface area contributed by atoms with E-state index in [1.54, 1.807) is 6.07 Å². The van der Waals surface area contributed by atoms with Gasteiger partial charge in [-0.05, 0) is 25.2 Å². The van der Waals surface area contributed by atoms with Gasteiger partial charge in [-0.1, -0.05) is 16.8 Å². The summed E-state index contributed by atoms with van der Waals surface area (Å²) in [4.78, 5) is 3.88. The lowest BCUT2D eigenvalue weighted by atomic mass is 10.2. The van der Waals surface area contributed by atoms with E-state index >= 15 is 0 Å². The summed E-state index contributed by atoms with van der Waals surface area (Å²) in [6.45, 7) is 0.955. The fraction of sp³-hybridized carbons (Fsp3) is 0.273. The quantitative estimate of drug-likeness (QED) is 0.883. The van der Waals surface area contributed by atoms with Crippen molar-refractivity contribution in [3.63, 3.8) is 0 Å². The van der Waals surface area contributed by atoms with Gasteiger partial charge in [0.15, 0.2) is 6.61 Å². The highest BCUT2D eigenvalue weighted by molar-refractivity contribution is 6.30. The number of aromatic nitrogens is 2. The fourth-order valence-corrected chi connectivity index (χ4v) is 1.61. The molecule has 1 aromatic carbocycles. The first-order valence-electron chi connectivity index (χ1n) is 5.10. The van der Waals surface area contributed by atoms with E-state index in [0.717, 1.165) is 11.3 Å². The molecule has 0 atom stereocenters. The van der Waals surface area contributed by atoms with Crippen molar-refractivity contribution >= 4 is 11.6 Å². The average molecular weight is 254 g/mol. The number of hydrogen-bond acceptors (Lipinski definition) is 5. The Hall–Kier alpha value is -1.59. The molecule has 0 aliphatic heterocycles. The minimum atomic E-state index is 0.273. The van der Waals surface area contributed by atoms with Gasteiger partial charge in [0.1, 0.15) is 5.75 Å². The van der Waals surface area contributed by atoms with Gasteiger partial charge in [0, 0.05) is 17.1 Å². The molecule has 0 radical (unpaired) electrons.